The van der Waals surface area contributed by atoms with E-state index in [4.69, 9.17) is 0 Å². The van der Waals surface area contributed by atoms with Gasteiger partial charge >= 0.3 is 0 Å². The Bertz CT molecular complexity index is 192. The van der Waals surface area contributed by atoms with Gasteiger partial charge in [-0.05, 0) is 17.6 Å². The average Bonchev–Trinajstić information content (AvgIpc) is 2.13. The highest BCUT2D eigenvalue weighted by atomic mass is 127. The van der Waals surface area contributed by atoms with Gasteiger partial charge in [0.1, 0.15) is 0 Å². The Morgan fingerprint density at radius 2 is 2.20 bits per heavy atom. The Morgan fingerprint density at radius 1 is 1.60 bits per heavy atom. The summed E-state index contributed by atoms with van der Waals surface area (Å²) in [6.45, 7) is 2.07. The van der Waals surface area contributed by atoms with Crippen LogP contribution < -0.4 is 28.7 Å². The van der Waals surface area contributed by atoms with Gasteiger partial charge < -0.3 is 24.0 Å². The minimum atomic E-state index is 0. The number of hydrogen-bond donors (Lipinski definition) is 0. The van der Waals surface area contributed by atoms with Gasteiger partial charge in [-0.15, -0.1) is 0 Å². The Kier molecular flexibility index (Phi) is 4.79. The van der Waals surface area contributed by atoms with Crippen LogP contribution in [0.3, 0.4) is 0 Å². The Hall–Kier alpha value is 0.640. The van der Waals surface area contributed by atoms with Crippen molar-refractivity contribution in [2.75, 3.05) is 6.26 Å². The second-order valence-electron chi connectivity index (χ2n) is 1.71. The minimum absolute atomic E-state index is 0. The standard InChI is InChI=1S/C5H9N2S2.HI/c1-4-7(2)6-5(8-3)9-4;/h1-3H3;1H/q+1;/p-1. The van der Waals surface area contributed by atoms with Gasteiger partial charge in [0.2, 0.25) is 4.34 Å². The van der Waals surface area contributed by atoms with Gasteiger partial charge in [0.25, 0.3) is 5.01 Å². The second kappa shape index (κ2) is 4.50. The van der Waals surface area contributed by atoms with E-state index in [1.54, 1.807) is 23.1 Å². The Morgan fingerprint density at radius 3 is 2.40 bits per heavy atom. The van der Waals surface area contributed by atoms with Crippen molar-refractivity contribution in [1.82, 2.24) is 5.10 Å². The summed E-state index contributed by atoms with van der Waals surface area (Å²) in [5, 5.41) is 5.48. The third-order valence-electron chi connectivity index (χ3n) is 1.10. The Labute approximate surface area is 86.1 Å². The average molecular weight is 288 g/mol. The highest BCUT2D eigenvalue weighted by molar-refractivity contribution is 8.00. The normalized spacial score (nSPS) is 9.10. The Balaban J connectivity index is 0.000000810. The van der Waals surface area contributed by atoms with Gasteiger partial charge in [-0.2, -0.15) is 0 Å². The molecule has 5 heteroatoms. The van der Waals surface area contributed by atoms with E-state index < -0.39 is 0 Å². The SMILES string of the molecule is CSc1n[n+](C)c(C)s1.[I-]. The lowest BCUT2D eigenvalue weighted by molar-refractivity contribution is -0.733. The first-order valence-corrected chi connectivity index (χ1v) is 4.66. The van der Waals surface area contributed by atoms with Gasteiger partial charge in [0.15, 0.2) is 7.05 Å². The molecular formula is C5H9IN2S2. The van der Waals surface area contributed by atoms with Crippen LogP contribution in [0.1, 0.15) is 5.01 Å². The van der Waals surface area contributed by atoms with Crippen LogP contribution in [0.25, 0.3) is 0 Å². The summed E-state index contributed by atoms with van der Waals surface area (Å²) in [4.78, 5) is 0. The lowest BCUT2D eigenvalue weighted by atomic mass is 10.8. The molecule has 0 radical (unpaired) electrons. The van der Waals surface area contributed by atoms with E-state index in [1.807, 2.05) is 18.0 Å². The number of nitrogens with zero attached hydrogens (tertiary/aromatic N) is 2. The van der Waals surface area contributed by atoms with Crippen molar-refractivity contribution in [3.8, 4) is 0 Å². The third-order valence-corrected chi connectivity index (χ3v) is 3.09. The number of thioether (sulfide) groups is 1. The van der Waals surface area contributed by atoms with Gasteiger partial charge in [-0.25, -0.2) is 0 Å². The molecule has 0 fully saturated rings. The van der Waals surface area contributed by atoms with Gasteiger partial charge in [-0.3, -0.25) is 0 Å². The van der Waals surface area contributed by atoms with E-state index in [1.165, 1.54) is 5.01 Å². The number of halogens is 1. The van der Waals surface area contributed by atoms with Crippen molar-refractivity contribution >= 4 is 23.1 Å². The van der Waals surface area contributed by atoms with Crippen LogP contribution in [0.15, 0.2) is 4.34 Å². The molecule has 0 aliphatic carbocycles. The molecule has 0 bridgehead atoms. The first kappa shape index (κ1) is 10.6. The summed E-state index contributed by atoms with van der Waals surface area (Å²) < 4.78 is 3.03. The fraction of sp³-hybridized carbons (Fsp3) is 0.600. The molecule has 1 rings (SSSR count). The molecular weight excluding hydrogens is 279 g/mol. The molecule has 0 spiro atoms. The van der Waals surface area contributed by atoms with Crippen molar-refractivity contribution < 1.29 is 28.7 Å². The second-order valence-corrected chi connectivity index (χ2v) is 3.95. The van der Waals surface area contributed by atoms with Crippen molar-refractivity contribution in [3.63, 3.8) is 0 Å². The first-order chi connectivity index (χ1) is 4.24. The molecule has 0 saturated carbocycles. The van der Waals surface area contributed by atoms with Crippen LogP contribution in [-0.2, 0) is 7.05 Å². The molecule has 0 saturated heterocycles. The fourth-order valence-corrected chi connectivity index (χ4v) is 1.98. The summed E-state index contributed by atoms with van der Waals surface area (Å²) in [5.41, 5.74) is 0. The number of aromatic nitrogens is 2. The zero-order chi connectivity index (χ0) is 6.85. The maximum atomic E-state index is 4.23. The lowest BCUT2D eigenvalue weighted by Gasteiger charge is -1.72. The van der Waals surface area contributed by atoms with Gasteiger partial charge in [0.05, 0.1) is 0 Å². The van der Waals surface area contributed by atoms with E-state index in [-0.39, 0.29) is 24.0 Å². The van der Waals surface area contributed by atoms with Crippen LogP contribution >= 0.6 is 23.1 Å². The number of rotatable bonds is 1. The van der Waals surface area contributed by atoms with Crippen molar-refractivity contribution in [1.29, 1.82) is 0 Å². The minimum Gasteiger partial charge on any atom is -1.00 e. The zero-order valence-corrected chi connectivity index (χ0v) is 9.88. The highest BCUT2D eigenvalue weighted by Gasteiger charge is 2.08. The van der Waals surface area contributed by atoms with E-state index >= 15 is 0 Å². The van der Waals surface area contributed by atoms with Crippen LogP contribution in [0.5, 0.6) is 0 Å². The van der Waals surface area contributed by atoms with Crippen LogP contribution in [0, 0.1) is 6.92 Å². The molecule has 1 aromatic heterocycles. The molecule has 0 aliphatic heterocycles. The predicted molar refractivity (Wildman–Crippen MR) is 39.8 cm³/mol. The van der Waals surface area contributed by atoms with Crippen LogP contribution in [0.4, 0.5) is 0 Å². The number of hydrogen-bond acceptors (Lipinski definition) is 3. The highest BCUT2D eigenvalue weighted by Crippen LogP contribution is 2.16. The molecule has 1 heterocycles. The van der Waals surface area contributed by atoms with Crippen molar-refractivity contribution in [2.24, 2.45) is 7.05 Å². The van der Waals surface area contributed by atoms with Crippen molar-refractivity contribution in [2.45, 2.75) is 11.3 Å². The van der Waals surface area contributed by atoms with Gasteiger partial charge in [-0.1, -0.05) is 16.4 Å². The van der Waals surface area contributed by atoms with E-state index in [9.17, 15) is 0 Å². The van der Waals surface area contributed by atoms with Crippen LogP contribution in [0.2, 0.25) is 0 Å². The molecule has 2 nitrogen and oxygen atoms in total. The molecule has 0 unspecified atom stereocenters. The molecule has 10 heavy (non-hydrogen) atoms. The molecule has 0 aliphatic rings. The largest absolute Gasteiger partial charge is 1.00 e. The molecule has 0 aromatic carbocycles. The molecule has 0 N–H and O–H groups in total. The molecule has 0 amide bonds. The summed E-state index contributed by atoms with van der Waals surface area (Å²) in [6, 6.07) is 0. The summed E-state index contributed by atoms with van der Waals surface area (Å²) in [7, 11) is 1.96. The smallest absolute Gasteiger partial charge is 0.262 e. The van der Waals surface area contributed by atoms with E-state index in [0.717, 1.165) is 4.34 Å². The predicted octanol–water partition coefficient (Wildman–Crippen LogP) is -2.00. The molecule has 1 aromatic rings. The van der Waals surface area contributed by atoms with E-state index in [2.05, 4.69) is 12.0 Å². The van der Waals surface area contributed by atoms with Gasteiger partial charge in [0, 0.05) is 12.0 Å². The molecule has 58 valence electrons. The summed E-state index contributed by atoms with van der Waals surface area (Å²) in [6.07, 6.45) is 2.04. The summed E-state index contributed by atoms with van der Waals surface area (Å²) >= 11 is 3.42. The maximum Gasteiger partial charge on any atom is 0.262 e. The summed E-state index contributed by atoms with van der Waals surface area (Å²) in [5.74, 6) is 0. The fourth-order valence-electron chi connectivity index (χ4n) is 0.488. The quantitative estimate of drug-likeness (QED) is 0.338. The first-order valence-electron chi connectivity index (χ1n) is 2.62. The lowest BCUT2D eigenvalue weighted by Crippen LogP contribution is -3.00. The van der Waals surface area contributed by atoms with E-state index in [0.29, 0.717) is 0 Å². The number of aryl methyl sites for hydroxylation is 2. The molecule has 0 atom stereocenters. The maximum absolute atomic E-state index is 4.23. The van der Waals surface area contributed by atoms with Crippen molar-refractivity contribution in [3.05, 3.63) is 5.01 Å². The topological polar surface area (TPSA) is 16.8 Å². The third kappa shape index (κ3) is 2.35. The monoisotopic (exact) mass is 288 g/mol. The zero-order valence-electron chi connectivity index (χ0n) is 6.09. The van der Waals surface area contributed by atoms with Crippen LogP contribution in [-0.4, -0.2) is 11.4 Å².